The molecule has 0 bridgehead atoms. The van der Waals surface area contributed by atoms with Crippen LogP contribution in [0, 0.1) is 11.3 Å². The number of hydrogen-bond acceptors (Lipinski definition) is 3. The minimum absolute atomic E-state index is 0.204. The van der Waals surface area contributed by atoms with E-state index in [1.165, 1.54) is 0 Å². The Labute approximate surface area is 59.6 Å². The highest BCUT2D eigenvalue weighted by Gasteiger charge is 2.32. The molecule has 0 radical (unpaired) electrons. The molecule has 1 fully saturated rings. The van der Waals surface area contributed by atoms with Gasteiger partial charge in [0, 0.05) is 5.75 Å². The number of nitrogens with zero attached hydrogens (tertiary/aromatic N) is 1. The predicted molar refractivity (Wildman–Crippen MR) is 39.3 cm³/mol. The van der Waals surface area contributed by atoms with E-state index in [4.69, 9.17) is 5.26 Å². The molecule has 1 unspecified atom stereocenters. The average Bonchev–Trinajstić information content (AvgIpc) is 2.36. The molecule has 2 nitrogen and oxygen atoms in total. The van der Waals surface area contributed by atoms with E-state index in [-0.39, 0.29) is 5.54 Å². The smallest absolute Gasteiger partial charge is 0.116 e. The molecule has 1 atom stereocenters. The number of thioether (sulfide) groups is 1. The summed E-state index contributed by atoms with van der Waals surface area (Å²) in [6.45, 7) is 0. The summed E-state index contributed by atoms with van der Waals surface area (Å²) in [5.74, 6) is 2.06. The first-order valence-corrected chi connectivity index (χ1v) is 4.16. The van der Waals surface area contributed by atoms with Crippen LogP contribution < -0.4 is 5.32 Å². The number of hydrogen-bond donors (Lipinski definition) is 1. The fraction of sp³-hybridized carbons (Fsp3) is 0.833. The molecule has 0 aliphatic carbocycles. The van der Waals surface area contributed by atoms with Gasteiger partial charge in [0.25, 0.3) is 0 Å². The van der Waals surface area contributed by atoms with Crippen molar-refractivity contribution in [1.82, 2.24) is 5.32 Å². The van der Waals surface area contributed by atoms with Crippen LogP contribution in [-0.4, -0.2) is 24.1 Å². The molecule has 50 valence electrons. The molecule has 1 N–H and O–H groups in total. The van der Waals surface area contributed by atoms with E-state index < -0.39 is 0 Å². The van der Waals surface area contributed by atoms with Crippen molar-refractivity contribution in [2.75, 3.05) is 18.6 Å². The van der Waals surface area contributed by atoms with Crippen molar-refractivity contribution in [2.24, 2.45) is 0 Å². The van der Waals surface area contributed by atoms with Crippen molar-refractivity contribution in [3.63, 3.8) is 0 Å². The molecule has 9 heavy (non-hydrogen) atoms. The molecule has 1 saturated heterocycles. The second-order valence-corrected chi connectivity index (χ2v) is 3.35. The van der Waals surface area contributed by atoms with Crippen molar-refractivity contribution >= 4 is 11.8 Å². The lowest BCUT2D eigenvalue weighted by molar-refractivity contribution is 0.504. The highest BCUT2D eigenvalue weighted by molar-refractivity contribution is 7.99. The molecule has 1 heterocycles. The van der Waals surface area contributed by atoms with Gasteiger partial charge in [-0.15, -0.1) is 0 Å². The lowest BCUT2D eigenvalue weighted by Crippen LogP contribution is -2.41. The summed E-state index contributed by atoms with van der Waals surface area (Å²) in [6.07, 6.45) is 0.991. The van der Waals surface area contributed by atoms with Crippen molar-refractivity contribution in [3.8, 4) is 6.07 Å². The van der Waals surface area contributed by atoms with Gasteiger partial charge in [-0.1, -0.05) is 0 Å². The van der Waals surface area contributed by atoms with Crippen LogP contribution in [0.3, 0.4) is 0 Å². The molecular formula is C6H10N2S. The Kier molecular flexibility index (Phi) is 1.99. The zero-order chi connectivity index (χ0) is 6.74. The van der Waals surface area contributed by atoms with E-state index in [1.54, 1.807) is 0 Å². The Morgan fingerprint density at radius 3 is 2.78 bits per heavy atom. The maximum Gasteiger partial charge on any atom is 0.116 e. The minimum atomic E-state index is -0.204. The molecule has 0 spiro atoms. The summed E-state index contributed by atoms with van der Waals surface area (Å²) in [6, 6.07) is 2.30. The SMILES string of the molecule is CNC1(C#N)CCSC1. The molecular weight excluding hydrogens is 132 g/mol. The normalized spacial score (nSPS) is 34.2. The lowest BCUT2D eigenvalue weighted by atomic mass is 10.0. The van der Waals surface area contributed by atoms with E-state index in [2.05, 4.69) is 11.4 Å². The number of rotatable bonds is 1. The van der Waals surface area contributed by atoms with Gasteiger partial charge < -0.3 is 5.32 Å². The van der Waals surface area contributed by atoms with Crippen molar-refractivity contribution in [3.05, 3.63) is 0 Å². The quantitative estimate of drug-likeness (QED) is 0.582. The fourth-order valence-electron chi connectivity index (χ4n) is 0.906. The van der Waals surface area contributed by atoms with E-state index >= 15 is 0 Å². The predicted octanol–water partition coefficient (Wildman–Crippen LogP) is 0.605. The van der Waals surface area contributed by atoms with Crippen LogP contribution in [0.1, 0.15) is 6.42 Å². The van der Waals surface area contributed by atoms with Gasteiger partial charge in [-0.2, -0.15) is 17.0 Å². The van der Waals surface area contributed by atoms with Crippen LogP contribution in [0.25, 0.3) is 0 Å². The maximum absolute atomic E-state index is 8.69. The van der Waals surface area contributed by atoms with Crippen molar-refractivity contribution < 1.29 is 0 Å². The van der Waals surface area contributed by atoms with Crippen LogP contribution in [0.5, 0.6) is 0 Å². The molecule has 0 amide bonds. The van der Waals surface area contributed by atoms with Gasteiger partial charge in [0.15, 0.2) is 0 Å². The van der Waals surface area contributed by atoms with Gasteiger partial charge in [-0.05, 0) is 19.2 Å². The van der Waals surface area contributed by atoms with Crippen LogP contribution in [0.15, 0.2) is 0 Å². The molecule has 1 aliphatic heterocycles. The summed E-state index contributed by atoms with van der Waals surface area (Å²) in [7, 11) is 1.86. The highest BCUT2D eigenvalue weighted by atomic mass is 32.2. The van der Waals surface area contributed by atoms with Crippen LogP contribution in [0.2, 0.25) is 0 Å². The fourth-order valence-corrected chi connectivity index (χ4v) is 2.25. The molecule has 3 heteroatoms. The summed E-state index contributed by atoms with van der Waals surface area (Å²) in [5, 5.41) is 11.7. The first-order valence-electron chi connectivity index (χ1n) is 3.01. The summed E-state index contributed by atoms with van der Waals surface area (Å²) in [5.41, 5.74) is -0.204. The Morgan fingerprint density at radius 2 is 2.56 bits per heavy atom. The van der Waals surface area contributed by atoms with Gasteiger partial charge in [0.05, 0.1) is 6.07 Å². The summed E-state index contributed by atoms with van der Waals surface area (Å²) >= 11 is 1.85. The summed E-state index contributed by atoms with van der Waals surface area (Å²) < 4.78 is 0. The number of nitrogens with one attached hydrogen (secondary N) is 1. The number of nitriles is 1. The monoisotopic (exact) mass is 142 g/mol. The van der Waals surface area contributed by atoms with E-state index in [0.29, 0.717) is 0 Å². The first-order chi connectivity index (χ1) is 4.33. The zero-order valence-corrected chi connectivity index (χ0v) is 6.29. The Morgan fingerprint density at radius 1 is 1.78 bits per heavy atom. The minimum Gasteiger partial charge on any atom is -0.302 e. The van der Waals surface area contributed by atoms with Crippen LogP contribution in [-0.2, 0) is 0 Å². The van der Waals surface area contributed by atoms with Gasteiger partial charge in [0.2, 0.25) is 0 Å². The average molecular weight is 142 g/mol. The van der Waals surface area contributed by atoms with Gasteiger partial charge in [-0.25, -0.2) is 0 Å². The topological polar surface area (TPSA) is 35.8 Å². The third-order valence-corrected chi connectivity index (χ3v) is 2.90. The second kappa shape index (κ2) is 2.59. The van der Waals surface area contributed by atoms with Gasteiger partial charge >= 0.3 is 0 Å². The second-order valence-electron chi connectivity index (χ2n) is 2.25. The van der Waals surface area contributed by atoms with E-state index in [9.17, 15) is 0 Å². The third-order valence-electron chi connectivity index (χ3n) is 1.71. The zero-order valence-electron chi connectivity index (χ0n) is 5.48. The summed E-state index contributed by atoms with van der Waals surface area (Å²) in [4.78, 5) is 0. The molecule has 0 aromatic rings. The largest absolute Gasteiger partial charge is 0.302 e. The molecule has 0 aromatic carbocycles. The standard InChI is InChI=1S/C6H10N2S/c1-8-6(4-7)2-3-9-5-6/h8H,2-3,5H2,1H3. The van der Waals surface area contributed by atoms with Crippen molar-refractivity contribution in [1.29, 1.82) is 5.26 Å². The molecule has 0 aromatic heterocycles. The lowest BCUT2D eigenvalue weighted by Gasteiger charge is -2.16. The van der Waals surface area contributed by atoms with Crippen LogP contribution in [0.4, 0.5) is 0 Å². The molecule has 1 rings (SSSR count). The maximum atomic E-state index is 8.69. The first kappa shape index (κ1) is 6.91. The van der Waals surface area contributed by atoms with Gasteiger partial charge in [0.1, 0.15) is 5.54 Å². The molecule has 1 aliphatic rings. The van der Waals surface area contributed by atoms with Gasteiger partial charge in [-0.3, -0.25) is 0 Å². The third kappa shape index (κ3) is 1.20. The van der Waals surface area contributed by atoms with E-state index in [0.717, 1.165) is 17.9 Å². The Bertz CT molecular complexity index is 132. The van der Waals surface area contributed by atoms with Crippen LogP contribution >= 0.6 is 11.8 Å². The Hall–Kier alpha value is -0.200. The molecule has 0 saturated carbocycles. The Balaban J connectivity index is 2.59. The van der Waals surface area contributed by atoms with Crippen molar-refractivity contribution in [2.45, 2.75) is 12.0 Å². The highest BCUT2D eigenvalue weighted by Crippen LogP contribution is 2.26. The van der Waals surface area contributed by atoms with E-state index in [1.807, 2.05) is 18.8 Å².